The van der Waals surface area contributed by atoms with Gasteiger partial charge in [0.15, 0.2) is 0 Å². The van der Waals surface area contributed by atoms with Crippen molar-refractivity contribution in [3.63, 3.8) is 0 Å². The van der Waals surface area contributed by atoms with Crippen LogP contribution in [0.5, 0.6) is 0 Å². The second kappa shape index (κ2) is 6.47. The maximum atomic E-state index is 12.2. The van der Waals surface area contributed by atoms with Crippen molar-refractivity contribution in [2.75, 3.05) is 33.0 Å². The molecule has 0 aromatic heterocycles. The summed E-state index contributed by atoms with van der Waals surface area (Å²) in [5.41, 5.74) is 0. The van der Waals surface area contributed by atoms with E-state index in [0.29, 0.717) is 31.3 Å². The molecule has 2 aliphatic heterocycles. The highest BCUT2D eigenvalue weighted by atomic mass is 16.5. The Hall–Kier alpha value is -0.450. The lowest BCUT2D eigenvalue weighted by molar-refractivity contribution is -0.124. The van der Waals surface area contributed by atoms with E-state index in [1.54, 1.807) is 0 Å². The van der Waals surface area contributed by atoms with E-state index in [9.17, 15) is 4.79 Å². The predicted molar refractivity (Wildman–Crippen MR) is 64.9 cm³/mol. The molecule has 0 amide bonds. The monoisotopic (exact) mass is 241 g/mol. The van der Waals surface area contributed by atoms with Gasteiger partial charge in [0, 0.05) is 25.7 Å². The number of ketones is 1. The van der Waals surface area contributed by atoms with E-state index >= 15 is 0 Å². The summed E-state index contributed by atoms with van der Waals surface area (Å²) < 4.78 is 10.7. The summed E-state index contributed by atoms with van der Waals surface area (Å²) in [6.45, 7) is 5.87. The molecule has 2 rings (SSSR count). The first-order chi connectivity index (χ1) is 8.31. The molecule has 2 heterocycles. The molecule has 1 N–H and O–H groups in total. The maximum Gasteiger partial charge on any atom is 0.140 e. The Bertz CT molecular complexity index is 251. The molecule has 2 fully saturated rings. The smallest absolute Gasteiger partial charge is 0.140 e. The molecule has 4 nitrogen and oxygen atoms in total. The Kier molecular flexibility index (Phi) is 4.95. The molecule has 98 valence electrons. The molecule has 0 aliphatic carbocycles. The van der Waals surface area contributed by atoms with Gasteiger partial charge in [-0.2, -0.15) is 0 Å². The van der Waals surface area contributed by atoms with Gasteiger partial charge in [0.05, 0.1) is 19.1 Å². The Morgan fingerprint density at radius 2 is 2.00 bits per heavy atom. The van der Waals surface area contributed by atoms with Crippen molar-refractivity contribution < 1.29 is 14.3 Å². The molecule has 0 aromatic carbocycles. The molecular formula is C13H23NO3. The third kappa shape index (κ3) is 3.50. The predicted octanol–water partition coefficient (Wildman–Crippen LogP) is 0.997. The normalized spacial score (nSPS) is 30.6. The lowest BCUT2D eigenvalue weighted by Gasteiger charge is -2.24. The SMILES string of the molecule is CCNC1COCC1C(=O)CC1CCOCC1. The topological polar surface area (TPSA) is 47.6 Å². The average Bonchev–Trinajstić information content (AvgIpc) is 2.79. The van der Waals surface area contributed by atoms with Gasteiger partial charge in [-0.25, -0.2) is 0 Å². The van der Waals surface area contributed by atoms with E-state index in [0.717, 1.165) is 32.6 Å². The third-order valence-electron chi connectivity index (χ3n) is 3.79. The van der Waals surface area contributed by atoms with Crippen LogP contribution in [-0.2, 0) is 14.3 Å². The fourth-order valence-electron chi connectivity index (χ4n) is 2.72. The van der Waals surface area contributed by atoms with E-state index in [1.165, 1.54) is 0 Å². The Labute approximate surface area is 103 Å². The number of nitrogens with one attached hydrogen (secondary N) is 1. The second-order valence-corrected chi connectivity index (χ2v) is 5.03. The number of Topliss-reactive ketones (excluding diaryl/α,β-unsaturated/α-hetero) is 1. The van der Waals surface area contributed by atoms with Gasteiger partial charge in [0.1, 0.15) is 5.78 Å². The van der Waals surface area contributed by atoms with E-state index in [2.05, 4.69) is 12.2 Å². The molecule has 2 atom stereocenters. The van der Waals surface area contributed by atoms with Crippen LogP contribution in [0.1, 0.15) is 26.2 Å². The highest BCUT2D eigenvalue weighted by molar-refractivity contribution is 5.82. The number of likely N-dealkylation sites (N-methyl/N-ethyl adjacent to an activating group) is 1. The van der Waals surface area contributed by atoms with Gasteiger partial charge >= 0.3 is 0 Å². The highest BCUT2D eigenvalue weighted by Gasteiger charge is 2.34. The first-order valence-corrected chi connectivity index (χ1v) is 6.72. The summed E-state index contributed by atoms with van der Waals surface area (Å²) in [7, 11) is 0. The second-order valence-electron chi connectivity index (χ2n) is 5.03. The van der Waals surface area contributed by atoms with Crippen LogP contribution in [0.4, 0.5) is 0 Å². The molecular weight excluding hydrogens is 218 g/mol. The molecule has 0 bridgehead atoms. The summed E-state index contributed by atoms with van der Waals surface area (Å²) in [6, 6.07) is 0.229. The van der Waals surface area contributed by atoms with Crippen LogP contribution in [0.2, 0.25) is 0 Å². The first-order valence-electron chi connectivity index (χ1n) is 6.72. The van der Waals surface area contributed by atoms with Crippen LogP contribution < -0.4 is 5.32 Å². The average molecular weight is 241 g/mol. The molecule has 0 spiro atoms. The maximum absolute atomic E-state index is 12.2. The van der Waals surface area contributed by atoms with Gasteiger partial charge in [0.2, 0.25) is 0 Å². The summed E-state index contributed by atoms with van der Waals surface area (Å²) in [4.78, 5) is 12.2. The summed E-state index contributed by atoms with van der Waals surface area (Å²) in [5.74, 6) is 0.970. The highest BCUT2D eigenvalue weighted by Crippen LogP contribution is 2.24. The van der Waals surface area contributed by atoms with Crippen LogP contribution in [0.25, 0.3) is 0 Å². The number of rotatable bonds is 5. The van der Waals surface area contributed by atoms with Crippen LogP contribution in [0.15, 0.2) is 0 Å². The van der Waals surface area contributed by atoms with Crippen LogP contribution in [-0.4, -0.2) is 44.8 Å². The lowest BCUT2D eigenvalue weighted by atomic mass is 9.87. The van der Waals surface area contributed by atoms with Crippen molar-refractivity contribution in [2.45, 2.75) is 32.2 Å². The van der Waals surface area contributed by atoms with Crippen molar-refractivity contribution >= 4 is 5.78 Å². The minimum absolute atomic E-state index is 0.0674. The fraction of sp³-hybridized carbons (Fsp3) is 0.923. The van der Waals surface area contributed by atoms with Crippen LogP contribution >= 0.6 is 0 Å². The Morgan fingerprint density at radius 3 is 2.71 bits per heavy atom. The van der Waals surface area contributed by atoms with Gasteiger partial charge in [-0.3, -0.25) is 4.79 Å². The van der Waals surface area contributed by atoms with E-state index in [1.807, 2.05) is 0 Å². The Balaban J connectivity index is 1.81. The summed E-state index contributed by atoms with van der Waals surface area (Å²) >= 11 is 0. The molecule has 0 aromatic rings. The number of hydrogen-bond acceptors (Lipinski definition) is 4. The molecule has 17 heavy (non-hydrogen) atoms. The third-order valence-corrected chi connectivity index (χ3v) is 3.79. The largest absolute Gasteiger partial charge is 0.381 e. The molecule has 4 heteroatoms. The van der Waals surface area contributed by atoms with Gasteiger partial charge in [-0.1, -0.05) is 6.92 Å². The number of ether oxygens (including phenoxy) is 2. The molecule has 2 unspecified atom stereocenters. The van der Waals surface area contributed by atoms with Crippen LogP contribution in [0.3, 0.4) is 0 Å². The lowest BCUT2D eigenvalue weighted by Crippen LogP contribution is -2.39. The zero-order chi connectivity index (χ0) is 12.1. The Morgan fingerprint density at radius 1 is 1.24 bits per heavy atom. The first kappa shape index (κ1) is 13.0. The molecule has 0 saturated carbocycles. The van der Waals surface area contributed by atoms with Crippen molar-refractivity contribution in [2.24, 2.45) is 11.8 Å². The van der Waals surface area contributed by atoms with Crippen molar-refractivity contribution in [3.05, 3.63) is 0 Å². The molecule has 2 saturated heterocycles. The minimum Gasteiger partial charge on any atom is -0.381 e. The van der Waals surface area contributed by atoms with Gasteiger partial charge in [-0.15, -0.1) is 0 Å². The standard InChI is InChI=1S/C13H23NO3/c1-2-14-12-9-17-8-11(12)13(15)7-10-3-5-16-6-4-10/h10-12,14H,2-9H2,1H3. The zero-order valence-corrected chi connectivity index (χ0v) is 10.6. The van der Waals surface area contributed by atoms with Gasteiger partial charge < -0.3 is 14.8 Å². The molecule has 2 aliphatic rings. The van der Waals surface area contributed by atoms with E-state index in [4.69, 9.17) is 9.47 Å². The number of carbonyl (C=O) groups is 1. The number of hydrogen-bond donors (Lipinski definition) is 1. The fourth-order valence-corrected chi connectivity index (χ4v) is 2.72. The zero-order valence-electron chi connectivity index (χ0n) is 10.6. The minimum atomic E-state index is 0.0674. The van der Waals surface area contributed by atoms with E-state index < -0.39 is 0 Å². The van der Waals surface area contributed by atoms with Gasteiger partial charge in [-0.05, 0) is 25.3 Å². The van der Waals surface area contributed by atoms with E-state index in [-0.39, 0.29) is 12.0 Å². The van der Waals surface area contributed by atoms with Crippen molar-refractivity contribution in [1.82, 2.24) is 5.32 Å². The molecule has 0 radical (unpaired) electrons. The summed E-state index contributed by atoms with van der Waals surface area (Å²) in [5, 5.41) is 3.34. The number of carbonyl (C=O) groups excluding carboxylic acids is 1. The van der Waals surface area contributed by atoms with Gasteiger partial charge in [0.25, 0.3) is 0 Å². The quantitative estimate of drug-likeness (QED) is 0.780. The van der Waals surface area contributed by atoms with Crippen molar-refractivity contribution in [3.8, 4) is 0 Å². The van der Waals surface area contributed by atoms with Crippen molar-refractivity contribution in [1.29, 1.82) is 0 Å². The summed E-state index contributed by atoms with van der Waals surface area (Å²) in [6.07, 6.45) is 2.77. The van der Waals surface area contributed by atoms with Crippen LogP contribution in [0, 0.1) is 11.8 Å².